The van der Waals surface area contributed by atoms with Gasteiger partial charge in [-0.2, -0.15) is 0 Å². The Kier molecular flexibility index (Phi) is 3.13. The number of aromatic amines is 1. The Balaban J connectivity index is 2.32. The van der Waals surface area contributed by atoms with E-state index in [1.807, 2.05) is 29.7 Å². The molecule has 0 unspecified atom stereocenters. The Hall–Kier alpha value is -1.29. The molecule has 0 saturated heterocycles. The topological polar surface area (TPSA) is 20.7 Å². The molecule has 0 saturated carbocycles. The second kappa shape index (κ2) is 4.67. The van der Waals surface area contributed by atoms with Crippen LogP contribution in [0.5, 0.6) is 0 Å². The first kappa shape index (κ1) is 12.7. The number of nitrogens with zero attached hydrogens (tertiary/aromatic N) is 1. The molecule has 1 aromatic heterocycles. The summed E-state index contributed by atoms with van der Waals surface area (Å²) in [4.78, 5) is 3.20. The Labute approximate surface area is 125 Å². The number of benzene rings is 2. The summed E-state index contributed by atoms with van der Waals surface area (Å²) >= 11 is 17.4. The van der Waals surface area contributed by atoms with Crippen LogP contribution in [-0.4, -0.2) is 9.55 Å². The fourth-order valence-corrected chi connectivity index (χ4v) is 2.71. The van der Waals surface area contributed by atoms with Crippen LogP contribution in [0.3, 0.4) is 0 Å². The summed E-state index contributed by atoms with van der Waals surface area (Å²) in [7, 11) is 0. The van der Waals surface area contributed by atoms with E-state index in [-0.39, 0.29) is 0 Å². The van der Waals surface area contributed by atoms with Gasteiger partial charge >= 0.3 is 0 Å². The lowest BCUT2D eigenvalue weighted by molar-refractivity contribution is 1.06. The van der Waals surface area contributed by atoms with Gasteiger partial charge in [0, 0.05) is 0 Å². The normalized spacial score (nSPS) is 11.1. The van der Waals surface area contributed by atoms with Crippen LogP contribution in [0.2, 0.25) is 10.0 Å². The molecular weight excluding hydrogens is 299 g/mol. The minimum atomic E-state index is 0.516. The lowest BCUT2D eigenvalue weighted by Gasteiger charge is -2.06. The molecule has 0 fully saturated rings. The van der Waals surface area contributed by atoms with Gasteiger partial charge in [-0.25, -0.2) is 0 Å². The molecule has 19 heavy (non-hydrogen) atoms. The smallest absolute Gasteiger partial charge is 0.182 e. The van der Waals surface area contributed by atoms with Gasteiger partial charge in [0.15, 0.2) is 4.77 Å². The highest BCUT2D eigenvalue weighted by molar-refractivity contribution is 7.71. The number of hydrogen-bond acceptors (Lipinski definition) is 1. The van der Waals surface area contributed by atoms with Crippen molar-refractivity contribution in [3.63, 3.8) is 0 Å². The second-order valence-electron chi connectivity index (χ2n) is 4.38. The molecule has 2 nitrogen and oxygen atoms in total. The van der Waals surface area contributed by atoms with Gasteiger partial charge in [0.25, 0.3) is 0 Å². The summed E-state index contributed by atoms with van der Waals surface area (Å²) in [5.41, 5.74) is 4.12. The zero-order valence-corrected chi connectivity index (χ0v) is 12.4. The lowest BCUT2D eigenvalue weighted by Crippen LogP contribution is -1.93. The number of rotatable bonds is 1. The van der Waals surface area contributed by atoms with E-state index >= 15 is 0 Å². The molecule has 0 amide bonds. The third kappa shape index (κ3) is 2.18. The van der Waals surface area contributed by atoms with E-state index in [0.717, 1.165) is 16.7 Å². The highest BCUT2D eigenvalue weighted by Gasteiger charge is 2.08. The molecule has 0 bridgehead atoms. The van der Waals surface area contributed by atoms with E-state index in [4.69, 9.17) is 35.4 Å². The molecule has 3 rings (SSSR count). The van der Waals surface area contributed by atoms with E-state index in [1.54, 1.807) is 6.07 Å². The molecule has 5 heteroatoms. The molecule has 0 aliphatic rings. The van der Waals surface area contributed by atoms with E-state index in [0.29, 0.717) is 14.8 Å². The summed E-state index contributed by atoms with van der Waals surface area (Å²) in [6, 6.07) is 11.6. The Morgan fingerprint density at radius 2 is 1.84 bits per heavy atom. The molecule has 96 valence electrons. The van der Waals surface area contributed by atoms with Crippen molar-refractivity contribution in [1.29, 1.82) is 0 Å². The molecule has 0 atom stereocenters. The lowest BCUT2D eigenvalue weighted by atomic mass is 10.2. The fraction of sp³-hybridized carbons (Fsp3) is 0.0714. The predicted molar refractivity (Wildman–Crippen MR) is 83.2 cm³/mol. The van der Waals surface area contributed by atoms with Crippen molar-refractivity contribution in [3.05, 3.63) is 56.8 Å². The average molecular weight is 309 g/mol. The van der Waals surface area contributed by atoms with Crippen LogP contribution in [0, 0.1) is 11.7 Å². The maximum absolute atomic E-state index is 6.07. The first-order valence-corrected chi connectivity index (χ1v) is 6.89. The third-order valence-electron chi connectivity index (χ3n) is 3.00. The number of imidazole rings is 1. The standard InChI is InChI=1S/C14H10Cl2N2S/c1-8-2-5-13-12(6-8)17-14(19)18(13)9-3-4-10(15)11(16)7-9/h2-7H,1H3,(H,17,19). The van der Waals surface area contributed by atoms with Crippen molar-refractivity contribution in [3.8, 4) is 5.69 Å². The molecular formula is C14H10Cl2N2S. The SMILES string of the molecule is Cc1ccc2c(c1)[nH]c(=S)n2-c1ccc(Cl)c(Cl)c1. The quantitative estimate of drug-likeness (QED) is 0.605. The van der Waals surface area contributed by atoms with Gasteiger partial charge in [0.2, 0.25) is 0 Å². The van der Waals surface area contributed by atoms with E-state index in [9.17, 15) is 0 Å². The molecule has 0 aliphatic heterocycles. The second-order valence-corrected chi connectivity index (χ2v) is 5.59. The number of fused-ring (bicyclic) bond motifs is 1. The van der Waals surface area contributed by atoms with E-state index in [1.165, 1.54) is 5.56 Å². The molecule has 1 N–H and O–H groups in total. The first-order valence-electron chi connectivity index (χ1n) is 5.73. The number of aryl methyl sites for hydroxylation is 1. The Morgan fingerprint density at radius 3 is 2.58 bits per heavy atom. The molecule has 1 heterocycles. The maximum Gasteiger partial charge on any atom is 0.182 e. The number of nitrogens with one attached hydrogen (secondary N) is 1. The fourth-order valence-electron chi connectivity index (χ4n) is 2.11. The third-order valence-corrected chi connectivity index (χ3v) is 4.02. The predicted octanol–water partition coefficient (Wildman–Crippen LogP) is 5.30. The minimum Gasteiger partial charge on any atom is -0.330 e. The minimum absolute atomic E-state index is 0.516. The first-order chi connectivity index (χ1) is 9.06. The van der Waals surface area contributed by atoms with Crippen LogP contribution >= 0.6 is 35.4 Å². The van der Waals surface area contributed by atoms with Gasteiger partial charge < -0.3 is 4.98 Å². The van der Waals surface area contributed by atoms with Gasteiger partial charge in [0.1, 0.15) is 0 Å². The molecule has 0 spiro atoms. The Bertz CT molecular complexity index is 833. The number of hydrogen-bond donors (Lipinski definition) is 1. The average Bonchev–Trinajstić information content (AvgIpc) is 2.68. The summed E-state index contributed by atoms with van der Waals surface area (Å²) in [5.74, 6) is 0. The van der Waals surface area contributed by atoms with Crippen LogP contribution in [0.15, 0.2) is 36.4 Å². The van der Waals surface area contributed by atoms with E-state index in [2.05, 4.69) is 17.1 Å². The summed E-state index contributed by atoms with van der Waals surface area (Å²) in [6.45, 7) is 2.05. The van der Waals surface area contributed by atoms with Crippen molar-refractivity contribution in [2.24, 2.45) is 0 Å². The van der Waals surface area contributed by atoms with Crippen molar-refractivity contribution in [2.45, 2.75) is 6.92 Å². The number of halogens is 2. The van der Waals surface area contributed by atoms with Gasteiger partial charge in [-0.1, -0.05) is 29.3 Å². The van der Waals surface area contributed by atoms with Crippen LogP contribution in [0.1, 0.15) is 5.56 Å². The molecule has 3 aromatic rings. The largest absolute Gasteiger partial charge is 0.330 e. The number of H-pyrrole nitrogens is 1. The van der Waals surface area contributed by atoms with Gasteiger partial charge in [-0.3, -0.25) is 4.57 Å². The van der Waals surface area contributed by atoms with Crippen LogP contribution in [0.25, 0.3) is 16.7 Å². The zero-order chi connectivity index (χ0) is 13.6. The highest BCUT2D eigenvalue weighted by atomic mass is 35.5. The Morgan fingerprint density at radius 1 is 1.05 bits per heavy atom. The van der Waals surface area contributed by atoms with Crippen LogP contribution < -0.4 is 0 Å². The van der Waals surface area contributed by atoms with Crippen molar-refractivity contribution in [1.82, 2.24) is 9.55 Å². The van der Waals surface area contributed by atoms with Gasteiger partial charge in [-0.15, -0.1) is 0 Å². The van der Waals surface area contributed by atoms with Crippen molar-refractivity contribution >= 4 is 46.5 Å². The van der Waals surface area contributed by atoms with Crippen molar-refractivity contribution < 1.29 is 0 Å². The van der Waals surface area contributed by atoms with Crippen LogP contribution in [-0.2, 0) is 0 Å². The zero-order valence-electron chi connectivity index (χ0n) is 10.1. The molecule has 0 aliphatic carbocycles. The number of aromatic nitrogens is 2. The van der Waals surface area contributed by atoms with E-state index < -0.39 is 0 Å². The monoisotopic (exact) mass is 308 g/mol. The molecule has 2 aromatic carbocycles. The summed E-state index contributed by atoms with van der Waals surface area (Å²) < 4.78 is 2.59. The highest BCUT2D eigenvalue weighted by Crippen LogP contribution is 2.27. The summed E-state index contributed by atoms with van der Waals surface area (Å²) in [5, 5.41) is 1.05. The maximum atomic E-state index is 6.07. The summed E-state index contributed by atoms with van der Waals surface area (Å²) in [6.07, 6.45) is 0. The van der Waals surface area contributed by atoms with Gasteiger partial charge in [0.05, 0.1) is 26.8 Å². The van der Waals surface area contributed by atoms with Crippen LogP contribution in [0.4, 0.5) is 0 Å². The molecule has 0 radical (unpaired) electrons. The van der Waals surface area contributed by atoms with Crippen molar-refractivity contribution in [2.75, 3.05) is 0 Å². The van der Waals surface area contributed by atoms with Gasteiger partial charge in [-0.05, 0) is 55.0 Å².